The number of amides is 1. The zero-order valence-corrected chi connectivity index (χ0v) is 13.0. The van der Waals surface area contributed by atoms with Crippen molar-refractivity contribution in [2.45, 2.75) is 43.7 Å². The van der Waals surface area contributed by atoms with Gasteiger partial charge in [0.05, 0.1) is 10.9 Å². The molecule has 0 bridgehead atoms. The third kappa shape index (κ3) is 6.50. The summed E-state index contributed by atoms with van der Waals surface area (Å²) >= 11 is -2.03. The molecule has 21 heavy (non-hydrogen) atoms. The van der Waals surface area contributed by atoms with Crippen LogP contribution >= 0.6 is 0 Å². The highest BCUT2D eigenvalue weighted by Crippen LogP contribution is 2.10. The molecule has 0 saturated carbocycles. The number of alkyl carbamates (subject to hydrolysis) is 1. The molecule has 1 aromatic rings. The number of carbonyl (C=O) groups is 2. The van der Waals surface area contributed by atoms with E-state index in [-0.39, 0.29) is 11.3 Å². The number of hydrogen-bond acceptors (Lipinski definition) is 4. The fraction of sp³-hybridized carbons (Fsp3) is 0.429. The summed E-state index contributed by atoms with van der Waals surface area (Å²) in [6.45, 7) is 5.20. The van der Waals surface area contributed by atoms with Crippen molar-refractivity contribution in [3.8, 4) is 0 Å². The molecule has 0 aliphatic rings. The second kappa shape index (κ2) is 7.33. The summed E-state index contributed by atoms with van der Waals surface area (Å²) in [4.78, 5) is 22.9. The Labute approximate surface area is 126 Å². The number of benzene rings is 1. The second-order valence-corrected chi connectivity index (χ2v) is 6.46. The molecule has 116 valence electrons. The summed E-state index contributed by atoms with van der Waals surface area (Å²) < 4.78 is 24.8. The zero-order chi connectivity index (χ0) is 16.0. The van der Waals surface area contributed by atoms with Crippen molar-refractivity contribution < 1.29 is 23.1 Å². The number of carbonyl (C=O) groups excluding carboxylic acids is 2. The molecule has 2 atom stereocenters. The molecule has 0 heterocycles. The summed E-state index contributed by atoms with van der Waals surface area (Å²) in [6.07, 6.45) is 0.246. The van der Waals surface area contributed by atoms with Crippen LogP contribution in [0.2, 0.25) is 0 Å². The van der Waals surface area contributed by atoms with Crippen molar-refractivity contribution in [3.63, 3.8) is 0 Å². The molecule has 2 N–H and O–H groups in total. The van der Waals surface area contributed by atoms with Gasteiger partial charge in [0.25, 0.3) is 0 Å². The van der Waals surface area contributed by atoms with Crippen LogP contribution in [0.4, 0.5) is 4.79 Å². The van der Waals surface area contributed by atoms with Gasteiger partial charge in [-0.3, -0.25) is 0 Å². The van der Waals surface area contributed by atoms with Gasteiger partial charge in [-0.05, 0) is 44.9 Å². The minimum Gasteiger partial charge on any atom is -0.444 e. The number of hydrogen-bond donors (Lipinski definition) is 2. The van der Waals surface area contributed by atoms with Crippen LogP contribution in [0.5, 0.6) is 0 Å². The van der Waals surface area contributed by atoms with E-state index in [1.807, 2.05) is 0 Å². The lowest BCUT2D eigenvalue weighted by Crippen LogP contribution is -2.41. The van der Waals surface area contributed by atoms with E-state index in [1.54, 1.807) is 32.9 Å². The molecule has 1 rings (SSSR count). The Morgan fingerprint density at radius 2 is 1.95 bits per heavy atom. The van der Waals surface area contributed by atoms with E-state index in [4.69, 9.17) is 9.29 Å². The first-order valence-corrected chi connectivity index (χ1v) is 7.46. The molecule has 1 aromatic carbocycles. The first-order chi connectivity index (χ1) is 9.71. The molecule has 0 aliphatic heterocycles. The lowest BCUT2D eigenvalue weighted by molar-refractivity contribution is -0.109. The molecule has 7 heteroatoms. The maximum absolute atomic E-state index is 11.6. The highest BCUT2D eigenvalue weighted by molar-refractivity contribution is 7.79. The first-order valence-electron chi connectivity index (χ1n) is 6.36. The molecule has 0 spiro atoms. The molecular formula is C14H19NO5S. The quantitative estimate of drug-likeness (QED) is 0.640. The van der Waals surface area contributed by atoms with Gasteiger partial charge >= 0.3 is 6.09 Å². The average Bonchev–Trinajstić information content (AvgIpc) is 2.36. The topological polar surface area (TPSA) is 92.7 Å². The maximum Gasteiger partial charge on any atom is 0.408 e. The van der Waals surface area contributed by atoms with Crippen LogP contribution < -0.4 is 5.32 Å². The van der Waals surface area contributed by atoms with Gasteiger partial charge in [-0.25, -0.2) is 9.00 Å². The van der Waals surface area contributed by atoms with Crippen molar-refractivity contribution in [2.75, 3.05) is 0 Å². The zero-order valence-electron chi connectivity index (χ0n) is 12.2. The summed E-state index contributed by atoms with van der Waals surface area (Å²) in [7, 11) is 0. The highest BCUT2D eigenvalue weighted by Gasteiger charge is 2.19. The van der Waals surface area contributed by atoms with Gasteiger partial charge in [-0.2, -0.15) is 0 Å². The number of ether oxygens (including phenoxy) is 1. The SMILES string of the molecule is CC(C)(C)OC(=O)N[C@H](C=O)Cc1ccc(S(=O)O)cc1. The summed E-state index contributed by atoms with van der Waals surface area (Å²) in [6, 6.07) is 5.56. The third-order valence-electron chi connectivity index (χ3n) is 2.45. The lowest BCUT2D eigenvalue weighted by Gasteiger charge is -2.21. The van der Waals surface area contributed by atoms with Gasteiger partial charge in [-0.15, -0.1) is 0 Å². The van der Waals surface area contributed by atoms with E-state index >= 15 is 0 Å². The van der Waals surface area contributed by atoms with Crippen LogP contribution in [-0.4, -0.2) is 32.8 Å². The summed E-state index contributed by atoms with van der Waals surface area (Å²) in [5, 5.41) is 2.47. The van der Waals surface area contributed by atoms with Gasteiger partial charge < -0.3 is 19.4 Å². The van der Waals surface area contributed by atoms with Gasteiger partial charge in [0.15, 0.2) is 11.1 Å². The van der Waals surface area contributed by atoms with Crippen LogP contribution in [0.3, 0.4) is 0 Å². The fourth-order valence-corrected chi connectivity index (χ4v) is 1.96. The van der Waals surface area contributed by atoms with E-state index < -0.39 is 28.8 Å². The second-order valence-electron chi connectivity index (χ2n) is 5.49. The van der Waals surface area contributed by atoms with Crippen molar-refractivity contribution in [3.05, 3.63) is 29.8 Å². The van der Waals surface area contributed by atoms with Crippen LogP contribution in [0.25, 0.3) is 0 Å². The fourth-order valence-electron chi connectivity index (χ4n) is 1.59. The first kappa shape index (κ1) is 17.3. The van der Waals surface area contributed by atoms with Crippen molar-refractivity contribution in [1.29, 1.82) is 0 Å². The normalized spacial score (nSPS) is 14.1. The van der Waals surface area contributed by atoms with Gasteiger partial charge in [-0.1, -0.05) is 12.1 Å². The van der Waals surface area contributed by atoms with E-state index in [0.29, 0.717) is 6.29 Å². The Balaban J connectivity index is 2.63. The van der Waals surface area contributed by atoms with Crippen molar-refractivity contribution >= 4 is 23.5 Å². The maximum atomic E-state index is 11.6. The van der Waals surface area contributed by atoms with Gasteiger partial charge in [0, 0.05) is 0 Å². The highest BCUT2D eigenvalue weighted by atomic mass is 32.2. The van der Waals surface area contributed by atoms with E-state index in [1.165, 1.54) is 12.1 Å². The van der Waals surface area contributed by atoms with Crippen LogP contribution in [0.1, 0.15) is 26.3 Å². The van der Waals surface area contributed by atoms with Crippen molar-refractivity contribution in [1.82, 2.24) is 5.32 Å². The largest absolute Gasteiger partial charge is 0.444 e. The Morgan fingerprint density at radius 3 is 2.38 bits per heavy atom. The number of aldehydes is 1. The molecule has 0 fully saturated rings. The Bertz CT molecular complexity index is 521. The van der Waals surface area contributed by atoms with Gasteiger partial charge in [0.1, 0.15) is 11.9 Å². The smallest absolute Gasteiger partial charge is 0.408 e. The van der Waals surface area contributed by atoms with E-state index in [0.717, 1.165) is 5.56 Å². The van der Waals surface area contributed by atoms with Crippen LogP contribution in [0.15, 0.2) is 29.2 Å². The minimum absolute atomic E-state index is 0.279. The Morgan fingerprint density at radius 1 is 1.38 bits per heavy atom. The molecule has 1 amide bonds. The lowest BCUT2D eigenvalue weighted by atomic mass is 10.1. The monoisotopic (exact) mass is 313 g/mol. The van der Waals surface area contributed by atoms with E-state index in [9.17, 15) is 13.8 Å². The minimum atomic E-state index is -2.03. The summed E-state index contributed by atoms with van der Waals surface area (Å²) in [5.41, 5.74) is 0.127. The van der Waals surface area contributed by atoms with Crippen LogP contribution in [-0.2, 0) is 27.0 Å². The third-order valence-corrected chi connectivity index (χ3v) is 3.12. The predicted octanol–water partition coefficient (Wildman–Crippen LogP) is 1.90. The molecule has 1 unspecified atom stereocenters. The van der Waals surface area contributed by atoms with Gasteiger partial charge in [0.2, 0.25) is 0 Å². The Kier molecular flexibility index (Phi) is 6.04. The van der Waals surface area contributed by atoms with Crippen molar-refractivity contribution in [2.24, 2.45) is 0 Å². The standard InChI is InChI=1S/C14H19NO5S/c1-14(2,3)20-13(17)15-11(9-16)8-10-4-6-12(7-5-10)21(18)19/h4-7,9,11H,8H2,1-3H3,(H,15,17)(H,18,19)/t11-/m0/s1. The van der Waals surface area contributed by atoms with E-state index in [2.05, 4.69) is 5.32 Å². The molecular weight excluding hydrogens is 294 g/mol. The summed E-state index contributed by atoms with van der Waals surface area (Å²) in [5.74, 6) is 0. The number of rotatable bonds is 5. The Hall–Kier alpha value is -1.73. The molecule has 0 aromatic heterocycles. The average molecular weight is 313 g/mol. The molecule has 0 radical (unpaired) electrons. The number of nitrogens with one attached hydrogen (secondary N) is 1. The predicted molar refractivity (Wildman–Crippen MR) is 78.4 cm³/mol. The molecule has 0 aliphatic carbocycles. The van der Waals surface area contributed by atoms with Crippen LogP contribution in [0, 0.1) is 0 Å². The molecule has 6 nitrogen and oxygen atoms in total. The molecule has 0 saturated heterocycles.